The fraction of sp³-hybridized carbons (Fsp3) is 0.478. The molecule has 1 saturated heterocycles. The van der Waals surface area contributed by atoms with Crippen LogP contribution >= 0.6 is 0 Å². The zero-order valence-electron chi connectivity index (χ0n) is 19.0. The predicted octanol–water partition coefficient (Wildman–Crippen LogP) is 1.88. The third-order valence-corrected chi connectivity index (χ3v) is 4.53. The fourth-order valence-corrected chi connectivity index (χ4v) is 3.35. The summed E-state index contributed by atoms with van der Waals surface area (Å²) in [7, 11) is 0. The van der Waals surface area contributed by atoms with Gasteiger partial charge in [0.2, 0.25) is 12.4 Å². The second kappa shape index (κ2) is 12.0. The van der Waals surface area contributed by atoms with E-state index in [-0.39, 0.29) is 6.61 Å². The van der Waals surface area contributed by atoms with Crippen molar-refractivity contribution in [3.05, 3.63) is 42.5 Å². The van der Waals surface area contributed by atoms with Crippen LogP contribution in [0.1, 0.15) is 33.3 Å². The number of rotatable bonds is 9. The van der Waals surface area contributed by atoms with Crippen molar-refractivity contribution in [2.45, 2.75) is 64.8 Å². The van der Waals surface area contributed by atoms with Crippen molar-refractivity contribution in [3.63, 3.8) is 0 Å². The van der Waals surface area contributed by atoms with Crippen LogP contribution in [-0.2, 0) is 49.3 Å². The summed E-state index contributed by atoms with van der Waals surface area (Å²) >= 11 is 0. The molecular weight excluding hydrogens is 436 g/mol. The first-order valence-corrected chi connectivity index (χ1v) is 10.3. The van der Waals surface area contributed by atoms with Crippen molar-refractivity contribution < 1.29 is 47.6 Å². The van der Waals surface area contributed by atoms with Gasteiger partial charge in [0.1, 0.15) is 18.5 Å². The smallest absolute Gasteiger partial charge is 0.303 e. The number of benzene rings is 1. The lowest BCUT2D eigenvalue weighted by Gasteiger charge is -2.44. The van der Waals surface area contributed by atoms with E-state index in [2.05, 4.69) is 6.58 Å². The normalized spacial score (nSPS) is 24.2. The van der Waals surface area contributed by atoms with Gasteiger partial charge in [-0.25, -0.2) is 0 Å². The maximum atomic E-state index is 11.9. The Bertz CT molecular complexity index is 880. The van der Waals surface area contributed by atoms with Crippen molar-refractivity contribution in [1.82, 2.24) is 0 Å². The summed E-state index contributed by atoms with van der Waals surface area (Å²) in [5.41, 5.74) is 0.778. The van der Waals surface area contributed by atoms with Crippen molar-refractivity contribution in [3.8, 4) is 5.75 Å². The molecule has 0 N–H and O–H groups in total. The summed E-state index contributed by atoms with van der Waals surface area (Å²) in [6.45, 7) is 8.07. The van der Waals surface area contributed by atoms with E-state index in [4.69, 9.17) is 28.4 Å². The molecule has 1 aromatic carbocycles. The lowest BCUT2D eigenvalue weighted by atomic mass is 9.98. The van der Waals surface area contributed by atoms with E-state index >= 15 is 0 Å². The van der Waals surface area contributed by atoms with Crippen LogP contribution in [0.4, 0.5) is 0 Å². The number of ether oxygens (including phenoxy) is 6. The van der Waals surface area contributed by atoms with E-state index in [1.165, 1.54) is 13.8 Å². The van der Waals surface area contributed by atoms with Crippen LogP contribution in [0, 0.1) is 0 Å². The highest BCUT2D eigenvalue weighted by molar-refractivity contribution is 5.68. The molecule has 0 radical (unpaired) electrons. The standard InChI is InChI=1S/C23H28O10/c1-6-9-17-10-7-8-11-18(17)32-23-22(31-16(5)27)21(30-15(4)26)20(29-14(3)25)19(33-23)12-28-13(2)24/h6-8,10-11,19-23H,1,9,12H2,2-5H3/t19-,20-,21+,22-,23-/m1/s1. The van der Waals surface area contributed by atoms with Gasteiger partial charge in [-0.15, -0.1) is 6.58 Å². The van der Waals surface area contributed by atoms with Crippen LogP contribution in [0.5, 0.6) is 5.75 Å². The average Bonchev–Trinajstić information content (AvgIpc) is 2.71. The summed E-state index contributed by atoms with van der Waals surface area (Å²) in [4.78, 5) is 46.9. The van der Waals surface area contributed by atoms with Gasteiger partial charge in [0.25, 0.3) is 0 Å². The lowest BCUT2D eigenvalue weighted by molar-refractivity contribution is -0.288. The second-order valence-electron chi connectivity index (χ2n) is 7.29. The van der Waals surface area contributed by atoms with E-state index in [1.807, 2.05) is 12.1 Å². The molecule has 0 aromatic heterocycles. The molecule has 2 rings (SSSR count). The molecule has 0 amide bonds. The van der Waals surface area contributed by atoms with Gasteiger partial charge >= 0.3 is 23.9 Å². The molecule has 1 aliphatic heterocycles. The Morgan fingerprint density at radius 2 is 1.45 bits per heavy atom. The summed E-state index contributed by atoms with van der Waals surface area (Å²) in [6.07, 6.45) is -4.00. The van der Waals surface area contributed by atoms with Crippen molar-refractivity contribution in [2.24, 2.45) is 0 Å². The molecule has 1 fully saturated rings. The quantitative estimate of drug-likeness (QED) is 0.304. The fourth-order valence-electron chi connectivity index (χ4n) is 3.35. The van der Waals surface area contributed by atoms with Crippen LogP contribution in [0.2, 0.25) is 0 Å². The van der Waals surface area contributed by atoms with Gasteiger partial charge in [0, 0.05) is 27.7 Å². The zero-order valence-corrected chi connectivity index (χ0v) is 19.0. The largest absolute Gasteiger partial charge is 0.463 e. The minimum atomic E-state index is -1.29. The van der Waals surface area contributed by atoms with Crippen LogP contribution in [0.3, 0.4) is 0 Å². The Kier molecular flexibility index (Phi) is 9.41. The summed E-state index contributed by atoms with van der Waals surface area (Å²) in [5.74, 6) is -2.30. The third-order valence-electron chi connectivity index (χ3n) is 4.53. The van der Waals surface area contributed by atoms with Crippen LogP contribution in [0.15, 0.2) is 36.9 Å². The maximum absolute atomic E-state index is 11.9. The molecule has 0 bridgehead atoms. The second-order valence-corrected chi connectivity index (χ2v) is 7.29. The average molecular weight is 464 g/mol. The molecule has 5 atom stereocenters. The highest BCUT2D eigenvalue weighted by Gasteiger charge is 2.53. The van der Waals surface area contributed by atoms with E-state index in [1.54, 1.807) is 18.2 Å². The minimum absolute atomic E-state index is 0.327. The number of hydrogen-bond acceptors (Lipinski definition) is 10. The molecule has 0 aliphatic carbocycles. The first-order valence-electron chi connectivity index (χ1n) is 10.3. The first-order chi connectivity index (χ1) is 15.6. The third kappa shape index (κ3) is 7.60. The van der Waals surface area contributed by atoms with Gasteiger partial charge < -0.3 is 28.4 Å². The Balaban J connectivity index is 2.49. The molecular formula is C23H28O10. The summed E-state index contributed by atoms with van der Waals surface area (Å²) < 4.78 is 33.1. The van der Waals surface area contributed by atoms with Crippen molar-refractivity contribution in [1.29, 1.82) is 0 Å². The number of carbonyl (C=O) groups is 4. The van der Waals surface area contributed by atoms with Gasteiger partial charge in [0.05, 0.1) is 0 Å². The van der Waals surface area contributed by atoms with Crippen LogP contribution in [-0.4, -0.2) is 61.2 Å². The Labute approximate surface area is 191 Å². The number of hydrogen-bond donors (Lipinski definition) is 0. The molecule has 0 saturated carbocycles. The molecule has 10 heteroatoms. The first kappa shape index (κ1) is 25.9. The summed E-state index contributed by atoms with van der Waals surface area (Å²) in [5, 5.41) is 0. The highest BCUT2D eigenvalue weighted by Crippen LogP contribution is 2.32. The summed E-state index contributed by atoms with van der Waals surface area (Å²) in [6, 6.07) is 7.07. The highest BCUT2D eigenvalue weighted by atomic mass is 16.7. The maximum Gasteiger partial charge on any atom is 0.303 e. The molecule has 1 heterocycles. The van der Waals surface area contributed by atoms with E-state index < -0.39 is 54.6 Å². The topological polar surface area (TPSA) is 124 Å². The molecule has 180 valence electrons. The van der Waals surface area contributed by atoms with Gasteiger partial charge in [-0.2, -0.15) is 0 Å². The number of carbonyl (C=O) groups excluding carboxylic acids is 4. The van der Waals surface area contributed by atoms with Gasteiger partial charge in [-0.1, -0.05) is 24.3 Å². The Hall–Kier alpha value is -3.40. The molecule has 1 aromatic rings. The lowest BCUT2D eigenvalue weighted by Crippen LogP contribution is -2.63. The van der Waals surface area contributed by atoms with Crippen LogP contribution in [0.25, 0.3) is 0 Å². The minimum Gasteiger partial charge on any atom is -0.463 e. The molecule has 10 nitrogen and oxygen atoms in total. The molecule has 0 unspecified atom stereocenters. The number of para-hydroxylation sites is 1. The van der Waals surface area contributed by atoms with Crippen molar-refractivity contribution in [2.75, 3.05) is 6.61 Å². The zero-order chi connectivity index (χ0) is 24.5. The van der Waals surface area contributed by atoms with Gasteiger partial charge in [-0.3, -0.25) is 19.2 Å². The predicted molar refractivity (Wildman–Crippen MR) is 113 cm³/mol. The number of esters is 4. The van der Waals surface area contributed by atoms with Crippen molar-refractivity contribution >= 4 is 23.9 Å². The Morgan fingerprint density at radius 1 is 0.879 bits per heavy atom. The van der Waals surface area contributed by atoms with E-state index in [0.29, 0.717) is 12.2 Å². The molecule has 33 heavy (non-hydrogen) atoms. The van der Waals surface area contributed by atoms with E-state index in [0.717, 1.165) is 19.4 Å². The van der Waals surface area contributed by atoms with Gasteiger partial charge in [-0.05, 0) is 18.1 Å². The monoisotopic (exact) mass is 464 g/mol. The van der Waals surface area contributed by atoms with E-state index in [9.17, 15) is 19.2 Å². The van der Waals surface area contributed by atoms with Crippen LogP contribution < -0.4 is 4.74 Å². The van der Waals surface area contributed by atoms with Gasteiger partial charge in [0.15, 0.2) is 12.2 Å². The Morgan fingerprint density at radius 3 is 2.03 bits per heavy atom. The SMILES string of the molecule is C=CCc1ccccc1O[C@@H]1O[C@H](COC(C)=O)[C@@H](OC(C)=O)[C@H](OC(C)=O)[C@H]1OC(C)=O. The number of allylic oxidation sites excluding steroid dienone is 1. The molecule has 0 spiro atoms. The molecule has 1 aliphatic rings.